The van der Waals surface area contributed by atoms with E-state index in [-0.39, 0.29) is 5.56 Å². The Bertz CT molecular complexity index is 346. The van der Waals surface area contributed by atoms with Crippen molar-refractivity contribution in [3.63, 3.8) is 0 Å². The second kappa shape index (κ2) is 7.22. The minimum atomic E-state index is -0.913. The van der Waals surface area contributed by atoms with Gasteiger partial charge in [-0.2, -0.15) is 11.8 Å². The van der Waals surface area contributed by atoms with Crippen molar-refractivity contribution in [3.05, 3.63) is 29.8 Å². The van der Waals surface area contributed by atoms with Gasteiger partial charge < -0.3 is 9.84 Å². The minimum absolute atomic E-state index is 0.284. The first-order chi connectivity index (χ1) is 8.09. The summed E-state index contributed by atoms with van der Waals surface area (Å²) < 4.78 is 5.51. The van der Waals surface area contributed by atoms with Crippen molar-refractivity contribution in [2.45, 2.75) is 13.8 Å². The molecule has 1 N–H and O–H groups in total. The molecule has 0 aliphatic rings. The van der Waals surface area contributed by atoms with Gasteiger partial charge in [-0.3, -0.25) is 0 Å². The molecule has 1 aromatic rings. The summed E-state index contributed by atoms with van der Waals surface area (Å²) in [4.78, 5) is 10.6. The highest BCUT2D eigenvalue weighted by atomic mass is 32.2. The maximum Gasteiger partial charge on any atom is 0.335 e. The van der Waals surface area contributed by atoms with Crippen LogP contribution in [0.2, 0.25) is 0 Å². The van der Waals surface area contributed by atoms with Crippen LogP contribution in [0.1, 0.15) is 24.2 Å². The summed E-state index contributed by atoms with van der Waals surface area (Å²) in [6.07, 6.45) is 0. The number of thioether (sulfide) groups is 1. The molecule has 0 saturated heterocycles. The Kier molecular flexibility index (Phi) is 5.91. The van der Waals surface area contributed by atoms with Gasteiger partial charge in [0.15, 0.2) is 0 Å². The van der Waals surface area contributed by atoms with Crippen LogP contribution in [0.4, 0.5) is 0 Å². The molecule has 0 spiro atoms. The van der Waals surface area contributed by atoms with Crippen LogP contribution in [0.15, 0.2) is 24.3 Å². The van der Waals surface area contributed by atoms with Crippen molar-refractivity contribution in [2.24, 2.45) is 5.92 Å². The molecular weight excluding hydrogens is 236 g/mol. The van der Waals surface area contributed by atoms with Crippen LogP contribution >= 0.6 is 11.8 Å². The van der Waals surface area contributed by atoms with Crippen LogP contribution in [-0.4, -0.2) is 29.2 Å². The van der Waals surface area contributed by atoms with Gasteiger partial charge in [0.25, 0.3) is 0 Å². The maximum absolute atomic E-state index is 10.6. The number of hydrogen-bond acceptors (Lipinski definition) is 3. The fraction of sp³-hybridized carbons (Fsp3) is 0.462. The molecule has 0 radical (unpaired) electrons. The van der Waals surface area contributed by atoms with Gasteiger partial charge in [-0.05, 0) is 35.9 Å². The molecule has 0 fully saturated rings. The zero-order valence-electron chi connectivity index (χ0n) is 10.2. The zero-order valence-corrected chi connectivity index (χ0v) is 11.0. The molecule has 0 aliphatic carbocycles. The highest BCUT2D eigenvalue weighted by Gasteiger charge is 2.02. The van der Waals surface area contributed by atoms with E-state index in [0.717, 1.165) is 17.3 Å². The standard InChI is InChI=1S/C13H18O3S/c1-10(2)9-17-8-7-16-12-5-3-11(4-6-12)13(14)15/h3-6,10H,7-9H2,1-2H3,(H,14,15). The van der Waals surface area contributed by atoms with Gasteiger partial charge in [-0.1, -0.05) is 13.8 Å². The van der Waals surface area contributed by atoms with E-state index in [4.69, 9.17) is 9.84 Å². The summed E-state index contributed by atoms with van der Waals surface area (Å²) in [6.45, 7) is 5.04. The van der Waals surface area contributed by atoms with Crippen molar-refractivity contribution >= 4 is 17.7 Å². The number of carboxylic acid groups (broad SMARTS) is 1. The molecule has 0 bridgehead atoms. The number of carbonyl (C=O) groups is 1. The van der Waals surface area contributed by atoms with Crippen molar-refractivity contribution in [3.8, 4) is 5.75 Å². The summed E-state index contributed by atoms with van der Waals surface area (Å²) >= 11 is 1.87. The van der Waals surface area contributed by atoms with E-state index in [1.165, 1.54) is 0 Å². The van der Waals surface area contributed by atoms with E-state index in [1.54, 1.807) is 24.3 Å². The lowest BCUT2D eigenvalue weighted by atomic mass is 10.2. The molecule has 1 rings (SSSR count). The predicted octanol–water partition coefficient (Wildman–Crippen LogP) is 3.15. The molecule has 0 aliphatic heterocycles. The largest absolute Gasteiger partial charge is 0.493 e. The Morgan fingerprint density at radius 1 is 1.35 bits per heavy atom. The molecule has 0 atom stereocenters. The van der Waals surface area contributed by atoms with E-state index < -0.39 is 5.97 Å². The molecule has 4 heteroatoms. The monoisotopic (exact) mass is 254 g/mol. The Morgan fingerprint density at radius 3 is 2.53 bits per heavy atom. The van der Waals surface area contributed by atoms with E-state index in [1.807, 2.05) is 11.8 Å². The molecule has 17 heavy (non-hydrogen) atoms. The Balaban J connectivity index is 2.25. The van der Waals surface area contributed by atoms with E-state index in [9.17, 15) is 4.79 Å². The third-order valence-electron chi connectivity index (χ3n) is 2.05. The Hall–Kier alpha value is -1.16. The topological polar surface area (TPSA) is 46.5 Å². The van der Waals surface area contributed by atoms with Crippen LogP contribution < -0.4 is 4.74 Å². The van der Waals surface area contributed by atoms with Crippen molar-refractivity contribution < 1.29 is 14.6 Å². The first kappa shape index (κ1) is 13.9. The molecule has 0 amide bonds. The number of rotatable bonds is 7. The van der Waals surface area contributed by atoms with Crippen molar-refractivity contribution in [2.75, 3.05) is 18.1 Å². The number of benzene rings is 1. The first-order valence-electron chi connectivity index (χ1n) is 5.63. The maximum atomic E-state index is 10.6. The second-order valence-electron chi connectivity index (χ2n) is 4.15. The van der Waals surface area contributed by atoms with Crippen LogP contribution in [0.3, 0.4) is 0 Å². The second-order valence-corrected chi connectivity index (χ2v) is 5.30. The fourth-order valence-electron chi connectivity index (χ4n) is 1.23. The lowest BCUT2D eigenvalue weighted by Crippen LogP contribution is -2.03. The molecule has 1 aromatic carbocycles. The molecule has 0 heterocycles. The number of ether oxygens (including phenoxy) is 1. The molecule has 0 aromatic heterocycles. The van der Waals surface area contributed by atoms with Crippen LogP contribution in [0.25, 0.3) is 0 Å². The highest BCUT2D eigenvalue weighted by Crippen LogP contribution is 2.13. The summed E-state index contributed by atoms with van der Waals surface area (Å²) in [5, 5.41) is 8.73. The molecular formula is C13H18O3S. The SMILES string of the molecule is CC(C)CSCCOc1ccc(C(=O)O)cc1. The third kappa shape index (κ3) is 5.63. The Labute approximate surface area is 106 Å². The number of carboxylic acids is 1. The third-order valence-corrected chi connectivity index (χ3v) is 3.41. The van der Waals surface area contributed by atoms with E-state index >= 15 is 0 Å². The molecule has 0 unspecified atom stereocenters. The van der Waals surface area contributed by atoms with Gasteiger partial charge in [0, 0.05) is 5.75 Å². The van der Waals surface area contributed by atoms with Gasteiger partial charge in [-0.25, -0.2) is 4.79 Å². The molecule has 0 saturated carbocycles. The van der Waals surface area contributed by atoms with E-state index in [0.29, 0.717) is 12.5 Å². The number of hydrogen-bond donors (Lipinski definition) is 1. The first-order valence-corrected chi connectivity index (χ1v) is 6.79. The molecule has 3 nitrogen and oxygen atoms in total. The molecule has 94 valence electrons. The van der Waals surface area contributed by atoms with Gasteiger partial charge in [0.05, 0.1) is 12.2 Å². The summed E-state index contributed by atoms with van der Waals surface area (Å²) in [7, 11) is 0. The Morgan fingerprint density at radius 2 is 2.00 bits per heavy atom. The minimum Gasteiger partial charge on any atom is -0.493 e. The quantitative estimate of drug-likeness (QED) is 0.759. The van der Waals surface area contributed by atoms with Crippen molar-refractivity contribution in [1.29, 1.82) is 0 Å². The average Bonchev–Trinajstić information content (AvgIpc) is 2.29. The van der Waals surface area contributed by atoms with Crippen LogP contribution in [0.5, 0.6) is 5.75 Å². The summed E-state index contributed by atoms with van der Waals surface area (Å²) in [5.74, 6) is 2.61. The van der Waals surface area contributed by atoms with Gasteiger partial charge in [-0.15, -0.1) is 0 Å². The van der Waals surface area contributed by atoms with Gasteiger partial charge in [0.1, 0.15) is 5.75 Å². The normalized spacial score (nSPS) is 10.5. The van der Waals surface area contributed by atoms with Gasteiger partial charge >= 0.3 is 5.97 Å². The van der Waals surface area contributed by atoms with Crippen LogP contribution in [0, 0.1) is 5.92 Å². The van der Waals surface area contributed by atoms with Crippen molar-refractivity contribution in [1.82, 2.24) is 0 Å². The highest BCUT2D eigenvalue weighted by molar-refractivity contribution is 7.99. The summed E-state index contributed by atoms with van der Waals surface area (Å²) in [6, 6.07) is 6.49. The average molecular weight is 254 g/mol. The van der Waals surface area contributed by atoms with Crippen LogP contribution in [-0.2, 0) is 0 Å². The number of aromatic carboxylic acids is 1. The zero-order chi connectivity index (χ0) is 12.7. The predicted molar refractivity (Wildman–Crippen MR) is 71.1 cm³/mol. The van der Waals surface area contributed by atoms with Gasteiger partial charge in [0.2, 0.25) is 0 Å². The van der Waals surface area contributed by atoms with E-state index in [2.05, 4.69) is 13.8 Å². The lowest BCUT2D eigenvalue weighted by Gasteiger charge is -2.07. The fourth-order valence-corrected chi connectivity index (χ4v) is 2.07. The smallest absolute Gasteiger partial charge is 0.335 e. The lowest BCUT2D eigenvalue weighted by molar-refractivity contribution is 0.0697. The summed E-state index contributed by atoms with van der Waals surface area (Å²) in [5.41, 5.74) is 0.284.